The molecule has 1 unspecified atom stereocenters. The van der Waals surface area contributed by atoms with Crippen LogP contribution in [-0.2, 0) is 9.53 Å². The van der Waals surface area contributed by atoms with Crippen LogP contribution in [0, 0.1) is 6.92 Å². The average Bonchev–Trinajstić information content (AvgIpc) is 3.16. The monoisotopic (exact) mass is 301 g/mol. The van der Waals surface area contributed by atoms with Crippen molar-refractivity contribution in [1.29, 1.82) is 0 Å². The molecule has 1 fully saturated rings. The van der Waals surface area contributed by atoms with Crippen molar-refractivity contribution in [3.63, 3.8) is 0 Å². The average molecular weight is 301 g/mol. The number of H-pyrrole nitrogens is 1. The van der Waals surface area contributed by atoms with Crippen LogP contribution in [0.3, 0.4) is 0 Å². The molecule has 2 aromatic heterocycles. The third kappa shape index (κ3) is 2.85. The molecule has 2 aromatic rings. The Morgan fingerprint density at radius 3 is 3.05 bits per heavy atom. The van der Waals surface area contributed by atoms with Crippen molar-refractivity contribution >= 4 is 5.91 Å². The number of likely N-dealkylation sites (tertiary alicyclic amines) is 1. The molecule has 3 heterocycles. The molecule has 1 N–H and O–H groups in total. The summed E-state index contributed by atoms with van der Waals surface area (Å²) in [5.41, 5.74) is 2.46. The van der Waals surface area contributed by atoms with Crippen LogP contribution in [0.1, 0.15) is 30.3 Å². The third-order valence-corrected chi connectivity index (χ3v) is 3.78. The fourth-order valence-corrected chi connectivity index (χ4v) is 2.78. The maximum absolute atomic E-state index is 12.1. The minimum atomic E-state index is -0.0360. The van der Waals surface area contributed by atoms with Gasteiger partial charge in [0, 0.05) is 25.5 Å². The van der Waals surface area contributed by atoms with E-state index in [-0.39, 0.29) is 18.6 Å². The SMILES string of the molecule is COCC(=O)N1CCCC1c1cncc(-c2ncc(C)[nH]2)n1. The fourth-order valence-electron chi connectivity index (χ4n) is 2.78. The predicted octanol–water partition coefficient (Wildman–Crippen LogP) is 1.49. The van der Waals surface area contributed by atoms with Gasteiger partial charge in [-0.3, -0.25) is 9.78 Å². The van der Waals surface area contributed by atoms with Gasteiger partial charge < -0.3 is 14.6 Å². The second kappa shape index (κ2) is 6.23. The van der Waals surface area contributed by atoms with Crippen molar-refractivity contribution in [2.45, 2.75) is 25.8 Å². The second-order valence-electron chi connectivity index (χ2n) is 5.42. The zero-order chi connectivity index (χ0) is 15.5. The van der Waals surface area contributed by atoms with E-state index in [1.807, 2.05) is 11.8 Å². The lowest BCUT2D eigenvalue weighted by Gasteiger charge is -2.24. The van der Waals surface area contributed by atoms with Crippen molar-refractivity contribution in [3.05, 3.63) is 30.0 Å². The Bertz CT molecular complexity index is 669. The molecule has 1 aliphatic rings. The molecule has 0 aromatic carbocycles. The van der Waals surface area contributed by atoms with Crippen molar-refractivity contribution in [2.75, 3.05) is 20.3 Å². The number of imidazole rings is 1. The molecule has 0 radical (unpaired) electrons. The molecule has 3 rings (SSSR count). The van der Waals surface area contributed by atoms with Gasteiger partial charge in [-0.15, -0.1) is 0 Å². The molecular formula is C15H19N5O2. The second-order valence-corrected chi connectivity index (χ2v) is 5.42. The van der Waals surface area contributed by atoms with E-state index >= 15 is 0 Å². The van der Waals surface area contributed by atoms with E-state index in [1.54, 1.807) is 18.6 Å². The molecule has 1 saturated heterocycles. The zero-order valence-corrected chi connectivity index (χ0v) is 12.7. The number of hydrogen-bond donors (Lipinski definition) is 1. The van der Waals surface area contributed by atoms with Crippen LogP contribution >= 0.6 is 0 Å². The van der Waals surface area contributed by atoms with Gasteiger partial charge in [0.1, 0.15) is 12.3 Å². The van der Waals surface area contributed by atoms with E-state index < -0.39 is 0 Å². The number of aromatic amines is 1. The summed E-state index contributed by atoms with van der Waals surface area (Å²) in [6, 6.07) is -0.0360. The van der Waals surface area contributed by atoms with Crippen LogP contribution in [0.2, 0.25) is 0 Å². The lowest BCUT2D eigenvalue weighted by molar-refractivity contribution is -0.136. The van der Waals surface area contributed by atoms with Crippen molar-refractivity contribution in [1.82, 2.24) is 24.8 Å². The number of hydrogen-bond acceptors (Lipinski definition) is 5. The minimum absolute atomic E-state index is 0.00829. The Hall–Kier alpha value is -2.28. The van der Waals surface area contributed by atoms with E-state index in [0.717, 1.165) is 30.8 Å². The summed E-state index contributed by atoms with van der Waals surface area (Å²) in [6.45, 7) is 2.77. The number of nitrogens with one attached hydrogen (secondary N) is 1. The molecule has 7 heteroatoms. The van der Waals surface area contributed by atoms with Gasteiger partial charge in [0.05, 0.1) is 24.1 Å². The van der Waals surface area contributed by atoms with Gasteiger partial charge in [0.2, 0.25) is 5.91 Å². The summed E-state index contributed by atoms with van der Waals surface area (Å²) in [5.74, 6) is 0.686. The van der Waals surface area contributed by atoms with Gasteiger partial charge in [-0.05, 0) is 19.8 Å². The lowest BCUT2D eigenvalue weighted by atomic mass is 10.1. The van der Waals surface area contributed by atoms with Crippen LogP contribution in [0.5, 0.6) is 0 Å². The Kier molecular flexibility index (Phi) is 4.15. The molecular weight excluding hydrogens is 282 g/mol. The highest BCUT2D eigenvalue weighted by Crippen LogP contribution is 2.31. The van der Waals surface area contributed by atoms with Gasteiger partial charge in [0.15, 0.2) is 5.82 Å². The molecule has 0 bridgehead atoms. The summed E-state index contributed by atoms with van der Waals surface area (Å²) >= 11 is 0. The summed E-state index contributed by atoms with van der Waals surface area (Å²) in [5, 5.41) is 0. The summed E-state index contributed by atoms with van der Waals surface area (Å²) in [4.78, 5) is 30.3. The van der Waals surface area contributed by atoms with Crippen LogP contribution in [0.4, 0.5) is 0 Å². The van der Waals surface area contributed by atoms with E-state index in [2.05, 4.69) is 19.9 Å². The topological polar surface area (TPSA) is 84.0 Å². The molecule has 1 amide bonds. The molecule has 116 valence electrons. The lowest BCUT2D eigenvalue weighted by Crippen LogP contribution is -2.33. The Morgan fingerprint density at radius 1 is 1.45 bits per heavy atom. The minimum Gasteiger partial charge on any atom is -0.375 e. The van der Waals surface area contributed by atoms with Crippen LogP contribution in [0.15, 0.2) is 18.6 Å². The standard InChI is InChI=1S/C15H19N5O2/c1-10-6-17-15(18-10)12-8-16-7-11(19-12)13-4-3-5-20(13)14(21)9-22-2/h6-8,13H,3-5,9H2,1-2H3,(H,17,18). The molecule has 0 saturated carbocycles. The zero-order valence-electron chi connectivity index (χ0n) is 12.7. The van der Waals surface area contributed by atoms with Crippen LogP contribution in [-0.4, -0.2) is 51.0 Å². The smallest absolute Gasteiger partial charge is 0.249 e. The number of carbonyl (C=O) groups is 1. The molecule has 7 nitrogen and oxygen atoms in total. The highest BCUT2D eigenvalue weighted by atomic mass is 16.5. The van der Waals surface area contributed by atoms with Gasteiger partial charge >= 0.3 is 0 Å². The molecule has 1 aliphatic heterocycles. The Balaban J connectivity index is 1.86. The number of carbonyl (C=O) groups excluding carboxylic acids is 1. The first-order chi connectivity index (χ1) is 10.7. The number of nitrogens with zero attached hydrogens (tertiary/aromatic N) is 4. The van der Waals surface area contributed by atoms with Gasteiger partial charge in [0.25, 0.3) is 0 Å². The van der Waals surface area contributed by atoms with E-state index in [4.69, 9.17) is 4.74 Å². The predicted molar refractivity (Wildman–Crippen MR) is 79.9 cm³/mol. The van der Waals surface area contributed by atoms with E-state index in [9.17, 15) is 4.79 Å². The van der Waals surface area contributed by atoms with Gasteiger partial charge in [-0.25, -0.2) is 9.97 Å². The highest BCUT2D eigenvalue weighted by molar-refractivity contribution is 5.78. The highest BCUT2D eigenvalue weighted by Gasteiger charge is 2.31. The fraction of sp³-hybridized carbons (Fsp3) is 0.467. The van der Waals surface area contributed by atoms with E-state index in [1.165, 1.54) is 7.11 Å². The van der Waals surface area contributed by atoms with Crippen LogP contribution < -0.4 is 0 Å². The number of aryl methyl sites for hydroxylation is 1. The molecule has 0 aliphatic carbocycles. The normalized spacial score (nSPS) is 17.9. The quantitative estimate of drug-likeness (QED) is 0.925. The first kappa shape index (κ1) is 14.6. The number of amides is 1. The number of rotatable bonds is 4. The van der Waals surface area contributed by atoms with Crippen molar-refractivity contribution < 1.29 is 9.53 Å². The van der Waals surface area contributed by atoms with Crippen LogP contribution in [0.25, 0.3) is 11.5 Å². The first-order valence-corrected chi connectivity index (χ1v) is 7.31. The van der Waals surface area contributed by atoms with Gasteiger partial charge in [-0.1, -0.05) is 0 Å². The van der Waals surface area contributed by atoms with Crippen molar-refractivity contribution in [2.24, 2.45) is 0 Å². The van der Waals surface area contributed by atoms with Crippen molar-refractivity contribution in [3.8, 4) is 11.5 Å². The summed E-state index contributed by atoms with van der Waals surface area (Å²) in [6.07, 6.45) is 7.02. The number of methoxy groups -OCH3 is 1. The maximum Gasteiger partial charge on any atom is 0.249 e. The Morgan fingerprint density at radius 2 is 2.32 bits per heavy atom. The van der Waals surface area contributed by atoms with Gasteiger partial charge in [-0.2, -0.15) is 0 Å². The molecule has 0 spiro atoms. The first-order valence-electron chi connectivity index (χ1n) is 7.31. The third-order valence-electron chi connectivity index (χ3n) is 3.78. The summed E-state index contributed by atoms with van der Waals surface area (Å²) in [7, 11) is 1.53. The number of ether oxygens (including phenoxy) is 1. The largest absolute Gasteiger partial charge is 0.375 e. The maximum atomic E-state index is 12.1. The number of aromatic nitrogens is 4. The van der Waals surface area contributed by atoms with E-state index in [0.29, 0.717) is 11.5 Å². The Labute approximate surface area is 128 Å². The molecule has 1 atom stereocenters. The molecule has 22 heavy (non-hydrogen) atoms. The summed E-state index contributed by atoms with van der Waals surface area (Å²) < 4.78 is 4.95.